The van der Waals surface area contributed by atoms with E-state index < -0.39 is 10.1 Å². The van der Waals surface area contributed by atoms with Gasteiger partial charge >= 0.3 is 0 Å². The largest absolute Gasteiger partial charge is 0.286 e. The van der Waals surface area contributed by atoms with E-state index in [-0.39, 0.29) is 11.7 Å². The lowest BCUT2D eigenvalue weighted by molar-refractivity contribution is 0.470. The maximum atomic E-state index is 10.3. The van der Waals surface area contributed by atoms with Crippen molar-refractivity contribution in [2.45, 2.75) is 6.42 Å². The minimum atomic E-state index is -3.72. The summed E-state index contributed by atoms with van der Waals surface area (Å²) in [5.74, 6) is 2.03. The number of hydrogen-bond donors (Lipinski definition) is 1. The summed E-state index contributed by atoms with van der Waals surface area (Å²) in [5.41, 5.74) is 0. The molecule has 5 heteroatoms. The number of rotatable bonds is 2. The molecule has 10 heavy (non-hydrogen) atoms. The Morgan fingerprint density at radius 3 is 2.70 bits per heavy atom. The summed E-state index contributed by atoms with van der Waals surface area (Å²) in [5, 5.41) is 0. The lowest BCUT2D eigenvalue weighted by atomic mass is 10.2. The SMILES string of the molecule is O=S(=O)(O)CC1CCSC1. The molecule has 1 fully saturated rings. The van der Waals surface area contributed by atoms with Gasteiger partial charge in [-0.05, 0) is 23.8 Å². The van der Waals surface area contributed by atoms with Gasteiger partial charge in [-0.25, -0.2) is 0 Å². The van der Waals surface area contributed by atoms with Crippen molar-refractivity contribution >= 4 is 21.9 Å². The molecule has 1 heterocycles. The van der Waals surface area contributed by atoms with Crippen molar-refractivity contribution < 1.29 is 13.0 Å². The molecule has 0 amide bonds. The zero-order chi connectivity index (χ0) is 7.61. The van der Waals surface area contributed by atoms with E-state index in [0.29, 0.717) is 0 Å². The molecule has 0 radical (unpaired) electrons. The molecule has 1 atom stereocenters. The molecule has 0 aliphatic carbocycles. The van der Waals surface area contributed by atoms with Gasteiger partial charge in [0.25, 0.3) is 10.1 Å². The predicted molar refractivity (Wildman–Crippen MR) is 41.8 cm³/mol. The Kier molecular flexibility index (Phi) is 2.60. The van der Waals surface area contributed by atoms with Gasteiger partial charge in [0, 0.05) is 0 Å². The van der Waals surface area contributed by atoms with E-state index in [1.807, 2.05) is 0 Å². The Hall–Kier alpha value is 0.260. The second-order valence-corrected chi connectivity index (χ2v) is 5.13. The van der Waals surface area contributed by atoms with Crippen LogP contribution in [0.15, 0.2) is 0 Å². The third kappa shape index (κ3) is 2.90. The maximum absolute atomic E-state index is 10.3. The molecule has 60 valence electrons. The fourth-order valence-electron chi connectivity index (χ4n) is 1.01. The topological polar surface area (TPSA) is 54.4 Å². The molecule has 1 N–H and O–H groups in total. The maximum Gasteiger partial charge on any atom is 0.265 e. The smallest absolute Gasteiger partial charge is 0.265 e. The lowest BCUT2D eigenvalue weighted by Gasteiger charge is -2.02. The van der Waals surface area contributed by atoms with Gasteiger partial charge in [0.1, 0.15) is 0 Å². The first-order valence-corrected chi connectivity index (χ1v) is 5.87. The Balaban J connectivity index is 2.38. The molecule has 1 aliphatic heterocycles. The van der Waals surface area contributed by atoms with E-state index in [2.05, 4.69) is 0 Å². The normalized spacial score (nSPS) is 27.1. The minimum absolute atomic E-state index is 0.0556. The zero-order valence-corrected chi connectivity index (χ0v) is 7.12. The molecule has 1 rings (SSSR count). The summed E-state index contributed by atoms with van der Waals surface area (Å²) >= 11 is 1.75. The highest BCUT2D eigenvalue weighted by atomic mass is 32.2. The van der Waals surface area contributed by atoms with E-state index in [1.54, 1.807) is 11.8 Å². The van der Waals surface area contributed by atoms with E-state index >= 15 is 0 Å². The highest BCUT2D eigenvalue weighted by molar-refractivity contribution is 7.99. The molecule has 1 saturated heterocycles. The van der Waals surface area contributed by atoms with Crippen molar-refractivity contribution in [3.05, 3.63) is 0 Å². The molecule has 0 spiro atoms. The van der Waals surface area contributed by atoms with Crippen LogP contribution in [0.2, 0.25) is 0 Å². The second-order valence-electron chi connectivity index (χ2n) is 2.48. The average molecular weight is 182 g/mol. The van der Waals surface area contributed by atoms with Crippen molar-refractivity contribution in [1.29, 1.82) is 0 Å². The number of thioether (sulfide) groups is 1. The van der Waals surface area contributed by atoms with Crippen LogP contribution in [-0.2, 0) is 10.1 Å². The molecule has 0 aromatic rings. The van der Waals surface area contributed by atoms with Crippen LogP contribution in [0.1, 0.15) is 6.42 Å². The first-order chi connectivity index (χ1) is 4.58. The molecule has 0 bridgehead atoms. The molecule has 1 aliphatic rings. The van der Waals surface area contributed by atoms with Gasteiger partial charge in [-0.15, -0.1) is 0 Å². The van der Waals surface area contributed by atoms with Crippen LogP contribution >= 0.6 is 11.8 Å². The Bertz CT molecular complexity index is 191. The average Bonchev–Trinajstić information content (AvgIpc) is 2.12. The summed E-state index contributed by atoms with van der Waals surface area (Å²) < 4.78 is 29.1. The second kappa shape index (κ2) is 3.11. The van der Waals surface area contributed by atoms with E-state index in [1.165, 1.54) is 0 Å². The predicted octanol–water partition coefficient (Wildman–Crippen LogP) is 0.627. The summed E-state index contributed by atoms with van der Waals surface area (Å²) in [6, 6.07) is 0. The van der Waals surface area contributed by atoms with E-state index in [4.69, 9.17) is 4.55 Å². The van der Waals surface area contributed by atoms with Crippen molar-refractivity contribution in [1.82, 2.24) is 0 Å². The van der Waals surface area contributed by atoms with Gasteiger partial charge in [-0.2, -0.15) is 20.2 Å². The van der Waals surface area contributed by atoms with Crippen LogP contribution in [0.3, 0.4) is 0 Å². The molecular formula is C5H10O3S2. The van der Waals surface area contributed by atoms with Crippen LogP contribution < -0.4 is 0 Å². The molecule has 0 aromatic heterocycles. The highest BCUT2D eigenvalue weighted by Gasteiger charge is 2.20. The quantitative estimate of drug-likeness (QED) is 0.636. The highest BCUT2D eigenvalue weighted by Crippen LogP contribution is 2.24. The molecule has 0 saturated carbocycles. The van der Waals surface area contributed by atoms with Gasteiger partial charge in [-0.1, -0.05) is 0 Å². The van der Waals surface area contributed by atoms with Gasteiger partial charge in [0.2, 0.25) is 0 Å². The van der Waals surface area contributed by atoms with Crippen molar-refractivity contribution in [3.8, 4) is 0 Å². The van der Waals surface area contributed by atoms with Crippen LogP contribution in [0.4, 0.5) is 0 Å². The van der Waals surface area contributed by atoms with Crippen LogP contribution in [0.25, 0.3) is 0 Å². The fourth-order valence-corrected chi connectivity index (χ4v) is 3.33. The molecule has 1 unspecified atom stereocenters. The van der Waals surface area contributed by atoms with E-state index in [9.17, 15) is 8.42 Å². The first kappa shape index (κ1) is 8.36. The van der Waals surface area contributed by atoms with Gasteiger partial charge < -0.3 is 0 Å². The third-order valence-electron chi connectivity index (χ3n) is 1.47. The number of hydrogen-bond acceptors (Lipinski definition) is 3. The monoisotopic (exact) mass is 182 g/mol. The fraction of sp³-hybridized carbons (Fsp3) is 1.00. The van der Waals surface area contributed by atoms with Crippen molar-refractivity contribution in [3.63, 3.8) is 0 Å². The summed E-state index contributed by atoms with van der Waals surface area (Å²) in [7, 11) is -3.72. The minimum Gasteiger partial charge on any atom is -0.286 e. The first-order valence-electron chi connectivity index (χ1n) is 3.11. The van der Waals surface area contributed by atoms with Crippen LogP contribution in [0, 0.1) is 5.92 Å². The molecule has 0 aromatic carbocycles. The Morgan fingerprint density at radius 1 is 1.60 bits per heavy atom. The van der Waals surface area contributed by atoms with Gasteiger partial charge in [-0.3, -0.25) is 4.55 Å². The Morgan fingerprint density at radius 2 is 2.30 bits per heavy atom. The van der Waals surface area contributed by atoms with Crippen LogP contribution in [0.5, 0.6) is 0 Å². The summed E-state index contributed by atoms with van der Waals surface area (Å²) in [6.07, 6.45) is 0.921. The van der Waals surface area contributed by atoms with Gasteiger partial charge in [0.15, 0.2) is 0 Å². The van der Waals surface area contributed by atoms with Crippen molar-refractivity contribution in [2.75, 3.05) is 17.3 Å². The zero-order valence-electron chi connectivity index (χ0n) is 5.49. The molecular weight excluding hydrogens is 172 g/mol. The van der Waals surface area contributed by atoms with Crippen molar-refractivity contribution in [2.24, 2.45) is 5.92 Å². The summed E-state index contributed by atoms with van der Waals surface area (Å²) in [4.78, 5) is 0. The summed E-state index contributed by atoms with van der Waals surface area (Å²) in [6.45, 7) is 0. The van der Waals surface area contributed by atoms with Gasteiger partial charge in [0.05, 0.1) is 5.75 Å². The molecule has 3 nitrogen and oxygen atoms in total. The lowest BCUT2D eigenvalue weighted by Crippen LogP contribution is -2.14. The third-order valence-corrected chi connectivity index (χ3v) is 3.59. The Labute approximate surface area is 64.9 Å². The van der Waals surface area contributed by atoms with Crippen LogP contribution in [-0.4, -0.2) is 30.2 Å². The van der Waals surface area contributed by atoms with E-state index in [0.717, 1.165) is 17.9 Å². The standard InChI is InChI=1S/C5H10O3S2/c6-10(7,8)4-5-1-2-9-3-5/h5H,1-4H2,(H,6,7,8).